The van der Waals surface area contributed by atoms with Crippen LogP contribution in [0.25, 0.3) is 0 Å². The van der Waals surface area contributed by atoms with Gasteiger partial charge in [-0.05, 0) is 29.8 Å². The van der Waals surface area contributed by atoms with Gasteiger partial charge in [-0.3, -0.25) is 14.5 Å². The number of likely N-dealkylation sites (tertiary alicyclic amines) is 1. The molecule has 1 spiro atoms. The number of ether oxygens (including phenoxy) is 1. The van der Waals surface area contributed by atoms with Gasteiger partial charge in [0.2, 0.25) is 5.91 Å². The molecule has 0 aliphatic carbocycles. The predicted molar refractivity (Wildman–Crippen MR) is 109 cm³/mol. The Labute approximate surface area is 179 Å². The molecule has 2 aliphatic rings. The zero-order valence-electron chi connectivity index (χ0n) is 16.9. The van der Waals surface area contributed by atoms with Crippen molar-refractivity contribution in [2.24, 2.45) is 0 Å². The van der Waals surface area contributed by atoms with Gasteiger partial charge in [-0.1, -0.05) is 30.3 Å². The van der Waals surface area contributed by atoms with Crippen molar-refractivity contribution in [3.05, 3.63) is 71.5 Å². The van der Waals surface area contributed by atoms with E-state index in [1.165, 1.54) is 17.0 Å². The Morgan fingerprint density at radius 3 is 2.29 bits per heavy atom. The minimum Gasteiger partial charge on any atom is -0.480 e. The molecule has 8 heteroatoms. The zero-order valence-corrected chi connectivity index (χ0v) is 16.9. The smallest absolute Gasteiger partial charge is 0.328 e. The number of halogens is 1. The molecule has 1 N–H and O–H groups in total. The molecule has 2 amide bonds. The number of carboxylic acid groups (broad SMARTS) is 1. The van der Waals surface area contributed by atoms with E-state index in [-0.39, 0.29) is 24.5 Å². The van der Waals surface area contributed by atoms with Crippen molar-refractivity contribution in [3.63, 3.8) is 0 Å². The monoisotopic (exact) mass is 426 g/mol. The second-order valence-corrected chi connectivity index (χ2v) is 7.84. The third-order valence-corrected chi connectivity index (χ3v) is 5.95. The van der Waals surface area contributed by atoms with Crippen LogP contribution in [-0.2, 0) is 20.7 Å². The van der Waals surface area contributed by atoms with Crippen molar-refractivity contribution in [2.75, 3.05) is 19.7 Å². The zero-order chi connectivity index (χ0) is 22.0. The second-order valence-electron chi connectivity index (χ2n) is 7.84. The summed E-state index contributed by atoms with van der Waals surface area (Å²) in [4.78, 5) is 40.7. The predicted octanol–water partition coefficient (Wildman–Crippen LogP) is 2.31. The quantitative estimate of drug-likeness (QED) is 0.811. The summed E-state index contributed by atoms with van der Waals surface area (Å²) in [6.45, 7) is 0.580. The van der Waals surface area contributed by atoms with Gasteiger partial charge in [0.05, 0.1) is 13.0 Å². The summed E-state index contributed by atoms with van der Waals surface area (Å²) in [6.07, 6.45) is 0.902. The average molecular weight is 426 g/mol. The minimum atomic E-state index is -1.16. The van der Waals surface area contributed by atoms with E-state index in [0.29, 0.717) is 25.9 Å². The van der Waals surface area contributed by atoms with Gasteiger partial charge in [0.15, 0.2) is 6.04 Å². The number of carbonyl (C=O) groups excluding carboxylic acids is 2. The highest BCUT2D eigenvalue weighted by atomic mass is 19.1. The summed E-state index contributed by atoms with van der Waals surface area (Å²) >= 11 is 0. The Bertz CT molecular complexity index is 971. The van der Waals surface area contributed by atoms with Crippen LogP contribution in [0.3, 0.4) is 0 Å². The second kappa shape index (κ2) is 8.47. The molecule has 0 radical (unpaired) electrons. The summed E-state index contributed by atoms with van der Waals surface area (Å²) in [5.41, 5.74) is 0.0157. The lowest BCUT2D eigenvalue weighted by Gasteiger charge is -2.44. The van der Waals surface area contributed by atoms with Crippen LogP contribution in [-0.4, -0.2) is 64.2 Å². The number of aliphatic carboxylic acids is 1. The van der Waals surface area contributed by atoms with Crippen LogP contribution in [0.1, 0.15) is 28.8 Å². The molecule has 0 bridgehead atoms. The lowest BCUT2D eigenvalue weighted by Crippen LogP contribution is -2.58. The maximum Gasteiger partial charge on any atom is 0.328 e. The molecular weight excluding hydrogens is 403 g/mol. The Morgan fingerprint density at radius 1 is 1.03 bits per heavy atom. The fraction of sp³-hybridized carbons (Fsp3) is 0.348. The van der Waals surface area contributed by atoms with Crippen LogP contribution in [0, 0.1) is 5.82 Å². The van der Waals surface area contributed by atoms with Gasteiger partial charge in [-0.2, -0.15) is 0 Å². The van der Waals surface area contributed by atoms with E-state index in [4.69, 9.17) is 4.74 Å². The molecule has 0 saturated carbocycles. The molecule has 2 aromatic carbocycles. The summed E-state index contributed by atoms with van der Waals surface area (Å²) in [5, 5.41) is 9.64. The van der Waals surface area contributed by atoms with E-state index in [2.05, 4.69) is 0 Å². The van der Waals surface area contributed by atoms with E-state index in [0.717, 1.165) is 17.7 Å². The normalized spacial score (nSPS) is 20.1. The van der Waals surface area contributed by atoms with E-state index < -0.39 is 29.5 Å². The van der Waals surface area contributed by atoms with Crippen molar-refractivity contribution in [3.8, 4) is 0 Å². The van der Waals surface area contributed by atoms with Gasteiger partial charge in [-0.25, -0.2) is 9.18 Å². The molecule has 1 atom stereocenters. The topological polar surface area (TPSA) is 87.2 Å². The molecule has 31 heavy (non-hydrogen) atoms. The molecule has 4 rings (SSSR count). The highest BCUT2D eigenvalue weighted by molar-refractivity contribution is 5.97. The highest BCUT2D eigenvalue weighted by Crippen LogP contribution is 2.38. The first kappa shape index (κ1) is 21.0. The SMILES string of the molecule is O=C(O)C1COC2(CCN(C(=O)Cc3ccccc3)CC2)N1C(=O)c1ccc(F)cc1. The summed E-state index contributed by atoms with van der Waals surface area (Å²) in [7, 11) is 0. The van der Waals surface area contributed by atoms with Gasteiger partial charge in [0.25, 0.3) is 5.91 Å². The standard InChI is InChI=1S/C23H23FN2O5/c24-18-8-6-17(7-9-18)21(28)26-19(22(29)30)15-31-23(26)10-12-25(13-11-23)20(27)14-16-4-2-1-3-5-16/h1-9,19H,10-15H2,(H,29,30). The van der Waals surface area contributed by atoms with Crippen molar-refractivity contribution in [1.29, 1.82) is 0 Å². The first-order valence-electron chi connectivity index (χ1n) is 10.2. The number of nitrogens with zero attached hydrogens (tertiary/aromatic N) is 2. The molecule has 2 aliphatic heterocycles. The van der Waals surface area contributed by atoms with Gasteiger partial charge in [0, 0.05) is 31.5 Å². The number of rotatable bonds is 4. The number of carboxylic acids is 1. The molecule has 2 aromatic rings. The molecule has 2 fully saturated rings. The van der Waals surface area contributed by atoms with E-state index in [1.54, 1.807) is 4.90 Å². The van der Waals surface area contributed by atoms with Gasteiger partial charge < -0.3 is 14.7 Å². The molecule has 2 heterocycles. The number of hydrogen-bond donors (Lipinski definition) is 1. The average Bonchev–Trinajstić information content (AvgIpc) is 3.14. The Morgan fingerprint density at radius 2 is 1.68 bits per heavy atom. The third-order valence-electron chi connectivity index (χ3n) is 5.95. The van der Waals surface area contributed by atoms with Crippen LogP contribution in [0.5, 0.6) is 0 Å². The van der Waals surface area contributed by atoms with Crippen LogP contribution in [0.15, 0.2) is 54.6 Å². The van der Waals surface area contributed by atoms with Crippen LogP contribution in [0.2, 0.25) is 0 Å². The fourth-order valence-corrected chi connectivity index (χ4v) is 4.28. The van der Waals surface area contributed by atoms with Gasteiger partial charge in [-0.15, -0.1) is 0 Å². The lowest BCUT2D eigenvalue weighted by molar-refractivity contribution is -0.147. The summed E-state index contributed by atoms with van der Waals surface area (Å²) in [6, 6.07) is 13.3. The molecule has 1 unspecified atom stereocenters. The van der Waals surface area contributed by atoms with Crippen LogP contribution in [0.4, 0.5) is 4.39 Å². The minimum absolute atomic E-state index is 0.0229. The molecule has 162 valence electrons. The molecule has 0 aromatic heterocycles. The number of hydrogen-bond acceptors (Lipinski definition) is 4. The largest absolute Gasteiger partial charge is 0.480 e. The van der Waals surface area contributed by atoms with Crippen LogP contribution < -0.4 is 0 Å². The van der Waals surface area contributed by atoms with Gasteiger partial charge in [0.1, 0.15) is 11.5 Å². The van der Waals surface area contributed by atoms with Crippen molar-refractivity contribution < 1.29 is 28.6 Å². The summed E-state index contributed by atoms with van der Waals surface area (Å²) in [5.74, 6) is -2.18. The Hall–Kier alpha value is -3.26. The van der Waals surface area contributed by atoms with E-state index in [9.17, 15) is 23.9 Å². The first-order valence-corrected chi connectivity index (χ1v) is 10.2. The number of benzene rings is 2. The lowest BCUT2D eigenvalue weighted by atomic mass is 9.96. The maximum absolute atomic E-state index is 13.3. The number of amides is 2. The van der Waals surface area contributed by atoms with Crippen molar-refractivity contribution >= 4 is 17.8 Å². The summed E-state index contributed by atoms with van der Waals surface area (Å²) < 4.78 is 19.2. The van der Waals surface area contributed by atoms with Gasteiger partial charge >= 0.3 is 5.97 Å². The van der Waals surface area contributed by atoms with Crippen molar-refractivity contribution in [2.45, 2.75) is 31.0 Å². The maximum atomic E-state index is 13.3. The fourth-order valence-electron chi connectivity index (χ4n) is 4.28. The first-order chi connectivity index (χ1) is 14.9. The number of carbonyl (C=O) groups is 3. The highest BCUT2D eigenvalue weighted by Gasteiger charge is 2.54. The molecule has 2 saturated heterocycles. The molecule has 7 nitrogen and oxygen atoms in total. The molecular formula is C23H23FN2O5. The Kier molecular flexibility index (Phi) is 5.73. The van der Waals surface area contributed by atoms with Crippen LogP contribution >= 0.6 is 0 Å². The van der Waals surface area contributed by atoms with E-state index >= 15 is 0 Å². The van der Waals surface area contributed by atoms with E-state index in [1.807, 2.05) is 30.3 Å². The third kappa shape index (κ3) is 4.16. The van der Waals surface area contributed by atoms with Crippen molar-refractivity contribution in [1.82, 2.24) is 9.80 Å². The number of piperidine rings is 1. The Balaban J connectivity index is 1.50.